The van der Waals surface area contributed by atoms with Gasteiger partial charge in [0.25, 0.3) is 0 Å². The third-order valence-electron chi connectivity index (χ3n) is 7.27. The Labute approximate surface area is 187 Å². The van der Waals surface area contributed by atoms with Gasteiger partial charge in [-0.1, -0.05) is 13.0 Å². The molecule has 172 valence electrons. The summed E-state index contributed by atoms with van der Waals surface area (Å²) in [6.07, 6.45) is 4.34. The number of amides is 1. The maximum absolute atomic E-state index is 13.2. The van der Waals surface area contributed by atoms with Gasteiger partial charge in [-0.15, -0.1) is 0 Å². The van der Waals surface area contributed by atoms with Crippen molar-refractivity contribution >= 4 is 15.9 Å². The Kier molecular flexibility index (Phi) is 7.01. The smallest absolute Gasteiger partial charge is 0.243 e. The fourth-order valence-electron chi connectivity index (χ4n) is 5.06. The molecule has 8 heteroatoms. The van der Waals surface area contributed by atoms with Crippen LogP contribution in [0.15, 0.2) is 23.1 Å². The molecular weight excluding hydrogens is 412 g/mol. The third kappa shape index (κ3) is 4.82. The fraction of sp³-hybridized carbons (Fsp3) is 0.696. The van der Waals surface area contributed by atoms with Gasteiger partial charge in [-0.3, -0.25) is 9.69 Å². The molecule has 4 rings (SSSR count). The molecule has 0 unspecified atom stereocenters. The Bertz CT molecular complexity index is 888. The molecule has 0 aromatic heterocycles. The molecule has 1 aromatic carbocycles. The lowest BCUT2D eigenvalue weighted by Gasteiger charge is -2.40. The standard InChI is InChI=1S/C23H36N4O3S/c1-3-24-10-12-26(13-11-24)23(28)19(2)25-14-16-27(17-15-25)31(29,30)22-9-8-20-6-4-5-7-21(20)18-22/h8-9,18-19H,3-7,10-17H2,1-2H3/t19-/m0/s1. The number of benzene rings is 1. The molecule has 0 radical (unpaired) electrons. The van der Waals surface area contributed by atoms with Crippen molar-refractivity contribution in [3.05, 3.63) is 29.3 Å². The summed E-state index contributed by atoms with van der Waals surface area (Å²) in [5.41, 5.74) is 2.48. The van der Waals surface area contributed by atoms with Crippen LogP contribution in [0.5, 0.6) is 0 Å². The molecule has 7 nitrogen and oxygen atoms in total. The van der Waals surface area contributed by atoms with Gasteiger partial charge < -0.3 is 9.80 Å². The van der Waals surface area contributed by atoms with E-state index in [0.717, 1.165) is 52.0 Å². The van der Waals surface area contributed by atoms with Crippen molar-refractivity contribution < 1.29 is 13.2 Å². The van der Waals surface area contributed by atoms with Crippen LogP contribution < -0.4 is 0 Å². The van der Waals surface area contributed by atoms with Crippen molar-refractivity contribution in [2.45, 2.75) is 50.5 Å². The summed E-state index contributed by atoms with van der Waals surface area (Å²) in [5.74, 6) is 0.168. The lowest BCUT2D eigenvalue weighted by atomic mass is 9.92. The largest absolute Gasteiger partial charge is 0.339 e. The van der Waals surface area contributed by atoms with E-state index in [1.54, 1.807) is 10.4 Å². The predicted molar refractivity (Wildman–Crippen MR) is 122 cm³/mol. The van der Waals surface area contributed by atoms with Crippen LogP contribution in [0.2, 0.25) is 0 Å². The monoisotopic (exact) mass is 448 g/mol. The van der Waals surface area contributed by atoms with Crippen LogP contribution in [0, 0.1) is 0 Å². The Morgan fingerprint density at radius 3 is 2.23 bits per heavy atom. The van der Waals surface area contributed by atoms with E-state index >= 15 is 0 Å². The zero-order valence-corrected chi connectivity index (χ0v) is 19.7. The number of fused-ring (bicyclic) bond motifs is 1. The van der Waals surface area contributed by atoms with Crippen LogP contribution >= 0.6 is 0 Å². The molecule has 1 aromatic rings. The van der Waals surface area contributed by atoms with Gasteiger partial charge in [0, 0.05) is 52.4 Å². The fourth-order valence-corrected chi connectivity index (χ4v) is 6.53. The lowest BCUT2D eigenvalue weighted by molar-refractivity contribution is -0.138. The van der Waals surface area contributed by atoms with Crippen LogP contribution in [0.4, 0.5) is 0 Å². The quantitative estimate of drug-likeness (QED) is 0.682. The van der Waals surface area contributed by atoms with Gasteiger partial charge in [0.05, 0.1) is 10.9 Å². The van der Waals surface area contributed by atoms with E-state index < -0.39 is 10.0 Å². The second-order valence-corrected chi connectivity index (χ2v) is 11.0. The average molecular weight is 449 g/mol. The first kappa shape index (κ1) is 22.7. The van der Waals surface area contributed by atoms with Gasteiger partial charge in [0.1, 0.15) is 0 Å². The van der Waals surface area contributed by atoms with Gasteiger partial charge in [-0.25, -0.2) is 8.42 Å². The van der Waals surface area contributed by atoms with Gasteiger partial charge >= 0.3 is 0 Å². The first-order valence-corrected chi connectivity index (χ1v) is 13.2. The van der Waals surface area contributed by atoms with E-state index in [1.165, 1.54) is 17.5 Å². The van der Waals surface area contributed by atoms with E-state index in [4.69, 9.17) is 0 Å². The molecule has 0 spiro atoms. The highest BCUT2D eigenvalue weighted by Crippen LogP contribution is 2.26. The molecule has 3 aliphatic rings. The minimum absolute atomic E-state index is 0.168. The Balaban J connectivity index is 1.35. The summed E-state index contributed by atoms with van der Waals surface area (Å²) < 4.78 is 28.0. The van der Waals surface area contributed by atoms with Crippen LogP contribution in [0.1, 0.15) is 37.8 Å². The van der Waals surface area contributed by atoms with Crippen molar-refractivity contribution in [2.24, 2.45) is 0 Å². The Morgan fingerprint density at radius 1 is 0.935 bits per heavy atom. The number of hydrogen-bond acceptors (Lipinski definition) is 5. The number of rotatable bonds is 5. The number of hydrogen-bond donors (Lipinski definition) is 0. The van der Waals surface area contributed by atoms with Crippen LogP contribution in [0.25, 0.3) is 0 Å². The molecule has 0 bridgehead atoms. The van der Waals surface area contributed by atoms with Gasteiger partial charge in [0.2, 0.25) is 15.9 Å². The van der Waals surface area contributed by atoms with Crippen molar-refractivity contribution in [2.75, 3.05) is 58.9 Å². The van der Waals surface area contributed by atoms with Crippen molar-refractivity contribution in [3.63, 3.8) is 0 Å². The van der Waals surface area contributed by atoms with E-state index in [9.17, 15) is 13.2 Å². The number of aryl methyl sites for hydroxylation is 2. The number of sulfonamides is 1. The second-order valence-electron chi connectivity index (χ2n) is 9.01. The highest BCUT2D eigenvalue weighted by molar-refractivity contribution is 7.89. The van der Waals surface area contributed by atoms with Crippen molar-refractivity contribution in [1.82, 2.24) is 19.0 Å². The maximum Gasteiger partial charge on any atom is 0.243 e. The summed E-state index contributed by atoms with van der Waals surface area (Å²) in [5, 5.41) is 0. The normalized spacial score (nSPS) is 22.8. The molecule has 1 aliphatic carbocycles. The lowest BCUT2D eigenvalue weighted by Crippen LogP contribution is -2.57. The number of nitrogens with zero attached hydrogens (tertiary/aromatic N) is 4. The SMILES string of the molecule is CCN1CCN(C(=O)[C@H](C)N2CCN(S(=O)(=O)c3ccc4c(c3)CCCC4)CC2)CC1. The van der Waals surface area contributed by atoms with Gasteiger partial charge in [0.15, 0.2) is 0 Å². The Morgan fingerprint density at radius 2 is 1.58 bits per heavy atom. The first-order chi connectivity index (χ1) is 14.9. The Hall–Kier alpha value is -1.48. The van der Waals surface area contributed by atoms with Crippen molar-refractivity contribution in [3.8, 4) is 0 Å². The number of carbonyl (C=O) groups is 1. The summed E-state index contributed by atoms with van der Waals surface area (Å²) in [4.78, 5) is 19.8. The maximum atomic E-state index is 13.2. The first-order valence-electron chi connectivity index (χ1n) is 11.8. The average Bonchev–Trinajstić information content (AvgIpc) is 2.83. The minimum atomic E-state index is -3.49. The van der Waals surface area contributed by atoms with Gasteiger partial charge in [-0.2, -0.15) is 4.31 Å². The molecule has 2 heterocycles. The summed E-state index contributed by atoms with van der Waals surface area (Å²) in [7, 11) is -3.49. The van der Waals surface area contributed by atoms with Gasteiger partial charge in [-0.05, 0) is 62.4 Å². The number of likely N-dealkylation sites (N-methyl/N-ethyl adjacent to an activating group) is 1. The number of piperazine rings is 2. The molecule has 2 saturated heterocycles. The van der Waals surface area contributed by atoms with Crippen LogP contribution in [-0.2, 0) is 27.7 Å². The van der Waals surface area contributed by atoms with E-state index in [2.05, 4.69) is 16.7 Å². The second kappa shape index (κ2) is 9.57. The molecule has 0 N–H and O–H groups in total. The van der Waals surface area contributed by atoms with Crippen molar-refractivity contribution in [1.29, 1.82) is 0 Å². The zero-order chi connectivity index (χ0) is 22.0. The predicted octanol–water partition coefficient (Wildman–Crippen LogP) is 1.42. The molecule has 1 amide bonds. The highest BCUT2D eigenvalue weighted by Gasteiger charge is 2.34. The molecule has 0 saturated carbocycles. The molecular formula is C23H36N4O3S. The summed E-state index contributed by atoms with van der Waals surface area (Å²) in [6, 6.07) is 5.45. The minimum Gasteiger partial charge on any atom is -0.339 e. The zero-order valence-electron chi connectivity index (χ0n) is 18.9. The molecule has 2 fully saturated rings. The summed E-state index contributed by atoms with van der Waals surface area (Å²) >= 11 is 0. The van der Waals surface area contributed by atoms with Crippen LogP contribution in [-0.4, -0.2) is 98.3 Å². The number of carbonyl (C=O) groups excluding carboxylic acids is 1. The molecule has 1 atom stereocenters. The summed E-state index contributed by atoms with van der Waals surface area (Å²) in [6.45, 7) is 10.6. The topological polar surface area (TPSA) is 64.2 Å². The highest BCUT2D eigenvalue weighted by atomic mass is 32.2. The molecule has 31 heavy (non-hydrogen) atoms. The van der Waals surface area contributed by atoms with E-state index in [-0.39, 0.29) is 11.9 Å². The van der Waals surface area contributed by atoms with Crippen LogP contribution in [0.3, 0.4) is 0 Å². The van der Waals surface area contributed by atoms with E-state index in [1.807, 2.05) is 24.0 Å². The molecule has 2 aliphatic heterocycles. The van der Waals surface area contributed by atoms with E-state index in [0.29, 0.717) is 31.1 Å². The third-order valence-corrected chi connectivity index (χ3v) is 9.16.